The molecule has 0 aliphatic rings. The van der Waals surface area contributed by atoms with E-state index < -0.39 is 5.91 Å². The molecule has 3 rings (SSSR count). The number of nitrogens with zero attached hydrogens (tertiary/aromatic N) is 1. The second-order valence-corrected chi connectivity index (χ2v) is 8.20. The smallest absolute Gasteiger partial charge is 0.266 e. The summed E-state index contributed by atoms with van der Waals surface area (Å²) in [7, 11) is 1.56. The largest absolute Gasteiger partial charge is 0.497 e. The zero-order valence-electron chi connectivity index (χ0n) is 18.6. The molecule has 6 nitrogen and oxygen atoms in total. The lowest BCUT2D eigenvalue weighted by Gasteiger charge is -2.15. The van der Waals surface area contributed by atoms with Crippen LogP contribution in [0, 0.1) is 20.7 Å². The molecular formula is C26H22FIN2O4. The van der Waals surface area contributed by atoms with Gasteiger partial charge in [0, 0.05) is 5.69 Å². The second kappa shape index (κ2) is 12.0. The molecular weight excluding hydrogens is 550 g/mol. The third kappa shape index (κ3) is 6.71. The number of carbonyl (C=O) groups excluding carboxylic acids is 1. The van der Waals surface area contributed by atoms with Gasteiger partial charge >= 0.3 is 0 Å². The molecule has 1 amide bonds. The van der Waals surface area contributed by atoms with Crippen molar-refractivity contribution in [3.8, 4) is 23.3 Å². The molecule has 0 atom stereocenters. The standard InChI is InChI=1S/C26H22FIN2O4/c1-3-33-24-14-18(13-23(28)25(24)34-16-17-5-4-6-20(27)12-17)11-19(15-29)26(31)30-21-7-9-22(32-2)10-8-21/h4-14H,3,16H2,1-2H3,(H,30,31)/b19-11+. The third-order valence-electron chi connectivity index (χ3n) is 4.63. The third-order valence-corrected chi connectivity index (χ3v) is 5.43. The van der Waals surface area contributed by atoms with E-state index in [1.54, 1.807) is 55.6 Å². The van der Waals surface area contributed by atoms with E-state index in [-0.39, 0.29) is 18.0 Å². The Kier molecular flexibility index (Phi) is 8.87. The molecule has 3 aromatic carbocycles. The molecule has 174 valence electrons. The molecule has 0 heterocycles. The lowest BCUT2D eigenvalue weighted by Crippen LogP contribution is -2.13. The van der Waals surface area contributed by atoms with Crippen LogP contribution in [0.15, 0.2) is 66.2 Å². The van der Waals surface area contributed by atoms with E-state index in [2.05, 4.69) is 27.9 Å². The summed E-state index contributed by atoms with van der Waals surface area (Å²) in [6.45, 7) is 2.40. The molecule has 0 fully saturated rings. The van der Waals surface area contributed by atoms with Gasteiger partial charge in [0.25, 0.3) is 5.91 Å². The van der Waals surface area contributed by atoms with Crippen LogP contribution in [0.25, 0.3) is 6.08 Å². The Morgan fingerprint density at radius 3 is 2.56 bits per heavy atom. The van der Waals surface area contributed by atoms with Gasteiger partial charge in [-0.1, -0.05) is 12.1 Å². The maximum atomic E-state index is 13.5. The minimum Gasteiger partial charge on any atom is -0.497 e. The normalized spacial score (nSPS) is 10.9. The van der Waals surface area contributed by atoms with Crippen LogP contribution < -0.4 is 19.5 Å². The first-order chi connectivity index (χ1) is 16.4. The number of ether oxygens (including phenoxy) is 3. The molecule has 8 heteroatoms. The fourth-order valence-electron chi connectivity index (χ4n) is 3.04. The van der Waals surface area contributed by atoms with Gasteiger partial charge in [-0.05, 0) is 95.2 Å². The van der Waals surface area contributed by atoms with Gasteiger partial charge < -0.3 is 19.5 Å². The number of hydrogen-bond donors (Lipinski definition) is 1. The summed E-state index contributed by atoms with van der Waals surface area (Å²) in [6, 6.07) is 18.4. The zero-order valence-corrected chi connectivity index (χ0v) is 20.8. The first kappa shape index (κ1) is 25.1. The van der Waals surface area contributed by atoms with Crippen molar-refractivity contribution in [1.82, 2.24) is 0 Å². The molecule has 0 aliphatic carbocycles. The van der Waals surface area contributed by atoms with Crippen molar-refractivity contribution in [2.45, 2.75) is 13.5 Å². The maximum Gasteiger partial charge on any atom is 0.266 e. The van der Waals surface area contributed by atoms with Crippen LogP contribution in [-0.2, 0) is 11.4 Å². The highest BCUT2D eigenvalue weighted by molar-refractivity contribution is 14.1. The van der Waals surface area contributed by atoms with E-state index in [1.807, 2.05) is 13.0 Å². The number of amides is 1. The number of nitriles is 1. The van der Waals surface area contributed by atoms with E-state index in [1.165, 1.54) is 18.2 Å². The molecule has 0 saturated carbocycles. The number of rotatable bonds is 9. The summed E-state index contributed by atoms with van der Waals surface area (Å²) < 4.78 is 30.9. The van der Waals surface area contributed by atoms with Gasteiger partial charge in [0.1, 0.15) is 29.8 Å². The predicted octanol–water partition coefficient (Wildman–Crippen LogP) is 5.96. The summed E-state index contributed by atoms with van der Waals surface area (Å²) in [5, 5.41) is 12.3. The highest BCUT2D eigenvalue weighted by Gasteiger charge is 2.15. The number of nitrogens with one attached hydrogen (secondary N) is 1. The summed E-state index contributed by atoms with van der Waals surface area (Å²) in [6.07, 6.45) is 1.49. The Morgan fingerprint density at radius 1 is 1.15 bits per heavy atom. The van der Waals surface area contributed by atoms with Gasteiger partial charge in [-0.25, -0.2) is 4.39 Å². The van der Waals surface area contributed by atoms with Crippen LogP contribution in [0.4, 0.5) is 10.1 Å². The number of carbonyl (C=O) groups is 1. The average molecular weight is 572 g/mol. The quantitative estimate of drug-likeness (QED) is 0.195. The Bertz CT molecular complexity index is 1240. The molecule has 1 N–H and O–H groups in total. The Labute approximate surface area is 211 Å². The van der Waals surface area contributed by atoms with Crippen LogP contribution in [0.2, 0.25) is 0 Å². The number of hydrogen-bond acceptors (Lipinski definition) is 5. The highest BCUT2D eigenvalue weighted by atomic mass is 127. The maximum absolute atomic E-state index is 13.5. The lowest BCUT2D eigenvalue weighted by atomic mass is 10.1. The summed E-state index contributed by atoms with van der Waals surface area (Å²) >= 11 is 2.10. The Morgan fingerprint density at radius 2 is 1.91 bits per heavy atom. The molecule has 0 radical (unpaired) electrons. The van der Waals surface area contributed by atoms with Crippen molar-refractivity contribution in [2.24, 2.45) is 0 Å². The molecule has 0 saturated heterocycles. The van der Waals surface area contributed by atoms with Gasteiger partial charge in [-0.2, -0.15) is 5.26 Å². The molecule has 0 bridgehead atoms. The lowest BCUT2D eigenvalue weighted by molar-refractivity contribution is -0.112. The fraction of sp³-hybridized carbons (Fsp3) is 0.154. The van der Waals surface area contributed by atoms with Crippen molar-refractivity contribution in [2.75, 3.05) is 19.0 Å². The van der Waals surface area contributed by atoms with Crippen LogP contribution in [0.5, 0.6) is 17.2 Å². The van der Waals surface area contributed by atoms with Gasteiger partial charge in [0.05, 0.1) is 17.3 Å². The Hall–Kier alpha value is -3.58. The van der Waals surface area contributed by atoms with Crippen molar-refractivity contribution in [3.05, 3.63) is 86.8 Å². The molecule has 0 unspecified atom stereocenters. The van der Waals surface area contributed by atoms with E-state index in [0.29, 0.717) is 40.7 Å². The fourth-order valence-corrected chi connectivity index (χ4v) is 3.83. The van der Waals surface area contributed by atoms with Crippen molar-refractivity contribution in [1.29, 1.82) is 5.26 Å². The average Bonchev–Trinajstić information content (AvgIpc) is 2.82. The van der Waals surface area contributed by atoms with Crippen LogP contribution >= 0.6 is 22.6 Å². The molecule has 34 heavy (non-hydrogen) atoms. The second-order valence-electron chi connectivity index (χ2n) is 7.03. The molecule has 0 spiro atoms. The zero-order chi connectivity index (χ0) is 24.5. The number of halogens is 2. The van der Waals surface area contributed by atoms with Gasteiger partial charge in [-0.3, -0.25) is 4.79 Å². The highest BCUT2D eigenvalue weighted by Crippen LogP contribution is 2.35. The number of benzene rings is 3. The molecule has 0 aromatic heterocycles. The predicted molar refractivity (Wildman–Crippen MR) is 136 cm³/mol. The summed E-state index contributed by atoms with van der Waals surface area (Å²) in [4.78, 5) is 12.6. The first-order valence-electron chi connectivity index (χ1n) is 10.3. The number of methoxy groups -OCH3 is 1. The van der Waals surface area contributed by atoms with Crippen LogP contribution in [0.1, 0.15) is 18.1 Å². The van der Waals surface area contributed by atoms with E-state index in [0.717, 1.165) is 3.57 Å². The monoisotopic (exact) mass is 572 g/mol. The van der Waals surface area contributed by atoms with Gasteiger partial charge in [0.2, 0.25) is 0 Å². The van der Waals surface area contributed by atoms with Crippen LogP contribution in [-0.4, -0.2) is 19.6 Å². The molecule has 3 aromatic rings. The topological polar surface area (TPSA) is 80.6 Å². The van der Waals surface area contributed by atoms with Gasteiger partial charge in [0.15, 0.2) is 11.5 Å². The van der Waals surface area contributed by atoms with Crippen molar-refractivity contribution >= 4 is 40.3 Å². The van der Waals surface area contributed by atoms with Crippen molar-refractivity contribution in [3.63, 3.8) is 0 Å². The number of anilines is 1. The minimum absolute atomic E-state index is 0.0671. The van der Waals surface area contributed by atoms with Crippen LogP contribution in [0.3, 0.4) is 0 Å². The minimum atomic E-state index is -0.535. The first-order valence-corrected chi connectivity index (χ1v) is 11.4. The van der Waals surface area contributed by atoms with Crippen molar-refractivity contribution < 1.29 is 23.4 Å². The molecule has 0 aliphatic heterocycles. The SMILES string of the molecule is CCOc1cc(/C=C(\C#N)C(=O)Nc2ccc(OC)cc2)cc(I)c1OCc1cccc(F)c1. The summed E-state index contributed by atoms with van der Waals surface area (Å²) in [5.41, 5.74) is 1.76. The summed E-state index contributed by atoms with van der Waals surface area (Å²) in [5.74, 6) is 0.757. The van der Waals surface area contributed by atoms with E-state index in [4.69, 9.17) is 14.2 Å². The van der Waals surface area contributed by atoms with E-state index >= 15 is 0 Å². The van der Waals surface area contributed by atoms with E-state index in [9.17, 15) is 14.4 Å². The van der Waals surface area contributed by atoms with Gasteiger partial charge in [-0.15, -0.1) is 0 Å². The Balaban J connectivity index is 1.82.